The van der Waals surface area contributed by atoms with Gasteiger partial charge in [-0.3, -0.25) is 33.9 Å². The molecule has 0 unspecified atom stereocenters. The van der Waals surface area contributed by atoms with Crippen molar-refractivity contribution in [2.45, 2.75) is 89.6 Å². The number of aliphatic imine (C=N–C) groups is 1. The zero-order chi connectivity index (χ0) is 44.4. The van der Waals surface area contributed by atoms with Gasteiger partial charge in [-0.05, 0) is 92.8 Å². The Bertz CT molecular complexity index is 2040. The van der Waals surface area contributed by atoms with Crippen LogP contribution in [0, 0.1) is 5.92 Å². The zero-order valence-electron chi connectivity index (χ0n) is 35.2. The number of rotatable bonds is 19. The Morgan fingerprint density at radius 1 is 0.742 bits per heavy atom. The van der Waals surface area contributed by atoms with Crippen LogP contribution in [0.5, 0.6) is 0 Å². The van der Waals surface area contributed by atoms with Crippen LogP contribution in [-0.4, -0.2) is 102 Å². The van der Waals surface area contributed by atoms with E-state index in [0.29, 0.717) is 50.0 Å². The highest BCUT2D eigenvalue weighted by Gasteiger charge is 2.38. The molecule has 2 saturated heterocycles. The Morgan fingerprint density at radius 2 is 1.32 bits per heavy atom. The molecule has 0 aliphatic carbocycles. The first kappa shape index (κ1) is 46.2. The van der Waals surface area contributed by atoms with Gasteiger partial charge >= 0.3 is 6.09 Å². The summed E-state index contributed by atoms with van der Waals surface area (Å²) in [5, 5.41) is 19.5. The maximum absolute atomic E-state index is 13.6. The zero-order valence-corrected chi connectivity index (χ0v) is 35.2. The van der Waals surface area contributed by atoms with E-state index in [0.717, 1.165) is 11.3 Å². The number of nitrogens with two attached hydrogens (primary N) is 2. The SMILES string of the molecule is CC(C)C[C@H](NC(=O)[C@@H]1CCCN1C(=O)OCc1ccc(N=Nc2ccccc2)cc1)C(=O)NCC(=O)N1CCC[C@@H]1C(=O)N[C@@H](CCCN=C(N)N)C(=O)Nc1ccccc1. The molecule has 330 valence electrons. The number of hydrogen-bond acceptors (Lipinski definition) is 10. The third-order valence-electron chi connectivity index (χ3n) is 10.4. The third kappa shape index (κ3) is 14.1. The summed E-state index contributed by atoms with van der Waals surface area (Å²) in [4.78, 5) is 87.5. The molecule has 2 aliphatic rings. The molecule has 3 aromatic rings. The van der Waals surface area contributed by atoms with Crippen LogP contribution in [0.25, 0.3) is 0 Å². The normalized spacial score (nSPS) is 17.0. The molecule has 5 rings (SSSR count). The predicted octanol–water partition coefficient (Wildman–Crippen LogP) is 4.02. The van der Waals surface area contributed by atoms with Crippen molar-refractivity contribution in [2.75, 3.05) is 31.5 Å². The van der Waals surface area contributed by atoms with Gasteiger partial charge in [0, 0.05) is 25.3 Å². The number of benzene rings is 3. The molecule has 0 radical (unpaired) electrons. The molecule has 18 nitrogen and oxygen atoms in total. The summed E-state index contributed by atoms with van der Waals surface area (Å²) in [5.74, 6) is -2.57. The maximum atomic E-state index is 13.6. The van der Waals surface area contributed by atoms with Crippen molar-refractivity contribution in [1.29, 1.82) is 0 Å². The fraction of sp³-hybridized carbons (Fsp3) is 0.432. The number of anilines is 1. The third-order valence-corrected chi connectivity index (χ3v) is 10.4. The monoisotopic (exact) mass is 851 g/mol. The average molecular weight is 852 g/mol. The minimum absolute atomic E-state index is 0.00393. The lowest BCUT2D eigenvalue weighted by Gasteiger charge is -2.28. The number of nitrogens with one attached hydrogen (secondary N) is 4. The van der Waals surface area contributed by atoms with Crippen LogP contribution >= 0.6 is 0 Å². The van der Waals surface area contributed by atoms with Crippen LogP contribution in [0.1, 0.15) is 64.4 Å². The number of carbonyl (C=O) groups excluding carboxylic acids is 6. The van der Waals surface area contributed by atoms with Crippen molar-refractivity contribution < 1.29 is 33.5 Å². The molecule has 2 aliphatic heterocycles. The lowest BCUT2D eigenvalue weighted by atomic mass is 10.0. The van der Waals surface area contributed by atoms with Gasteiger partial charge in [0.15, 0.2) is 5.96 Å². The second-order valence-corrected chi connectivity index (χ2v) is 15.6. The summed E-state index contributed by atoms with van der Waals surface area (Å²) in [7, 11) is 0. The van der Waals surface area contributed by atoms with Crippen LogP contribution in [0.15, 0.2) is 100 Å². The Morgan fingerprint density at radius 3 is 1.95 bits per heavy atom. The van der Waals surface area contributed by atoms with E-state index in [4.69, 9.17) is 16.2 Å². The van der Waals surface area contributed by atoms with E-state index in [9.17, 15) is 28.8 Å². The van der Waals surface area contributed by atoms with Gasteiger partial charge in [0.1, 0.15) is 30.8 Å². The molecule has 0 spiro atoms. The van der Waals surface area contributed by atoms with Gasteiger partial charge in [-0.25, -0.2) is 4.79 Å². The van der Waals surface area contributed by atoms with E-state index >= 15 is 0 Å². The van der Waals surface area contributed by atoms with Crippen molar-refractivity contribution in [3.63, 3.8) is 0 Å². The van der Waals surface area contributed by atoms with Gasteiger partial charge in [0.25, 0.3) is 0 Å². The van der Waals surface area contributed by atoms with Crippen LogP contribution in [0.4, 0.5) is 21.9 Å². The largest absolute Gasteiger partial charge is 0.445 e. The lowest BCUT2D eigenvalue weighted by molar-refractivity contribution is -0.139. The first-order chi connectivity index (χ1) is 29.9. The summed E-state index contributed by atoms with van der Waals surface area (Å²) < 4.78 is 5.57. The molecule has 0 aromatic heterocycles. The molecule has 2 heterocycles. The molecule has 8 N–H and O–H groups in total. The van der Waals surface area contributed by atoms with Crippen LogP contribution < -0.4 is 32.7 Å². The Kier molecular flexibility index (Phi) is 17.3. The van der Waals surface area contributed by atoms with E-state index in [2.05, 4.69) is 36.5 Å². The summed E-state index contributed by atoms with van der Waals surface area (Å²) >= 11 is 0. The van der Waals surface area contributed by atoms with Crippen molar-refractivity contribution in [1.82, 2.24) is 25.8 Å². The highest BCUT2D eigenvalue weighted by atomic mass is 16.6. The highest BCUT2D eigenvalue weighted by molar-refractivity contribution is 5.99. The first-order valence-corrected chi connectivity index (χ1v) is 21.0. The van der Waals surface area contributed by atoms with Gasteiger partial charge in [-0.2, -0.15) is 10.2 Å². The molecule has 62 heavy (non-hydrogen) atoms. The highest BCUT2D eigenvalue weighted by Crippen LogP contribution is 2.23. The summed E-state index contributed by atoms with van der Waals surface area (Å²) in [6.07, 6.45) is 2.14. The van der Waals surface area contributed by atoms with Crippen molar-refractivity contribution in [2.24, 2.45) is 32.6 Å². The van der Waals surface area contributed by atoms with Gasteiger partial charge in [-0.1, -0.05) is 62.4 Å². The lowest BCUT2D eigenvalue weighted by Crippen LogP contribution is -2.55. The molecular weight excluding hydrogens is 795 g/mol. The van der Waals surface area contributed by atoms with Crippen molar-refractivity contribution in [3.05, 3.63) is 90.5 Å². The molecule has 2 fully saturated rings. The average Bonchev–Trinajstić information content (AvgIpc) is 3.97. The number of para-hydroxylation sites is 1. The number of ether oxygens (including phenoxy) is 1. The van der Waals surface area contributed by atoms with Crippen LogP contribution in [0.2, 0.25) is 0 Å². The minimum Gasteiger partial charge on any atom is -0.445 e. The number of nitrogens with zero attached hydrogens (tertiary/aromatic N) is 5. The molecule has 4 atom stereocenters. The predicted molar refractivity (Wildman–Crippen MR) is 233 cm³/mol. The minimum atomic E-state index is -0.994. The molecule has 6 amide bonds. The number of azo groups is 1. The van der Waals surface area contributed by atoms with E-state index in [1.807, 2.05) is 50.2 Å². The number of hydrogen-bond donors (Lipinski definition) is 6. The summed E-state index contributed by atoms with van der Waals surface area (Å²) in [5.41, 5.74) is 13.5. The van der Waals surface area contributed by atoms with Crippen molar-refractivity contribution in [3.8, 4) is 0 Å². The van der Waals surface area contributed by atoms with Gasteiger partial charge in [0.2, 0.25) is 29.5 Å². The fourth-order valence-corrected chi connectivity index (χ4v) is 7.24. The Hall–Kier alpha value is -6.85. The molecule has 3 aromatic carbocycles. The van der Waals surface area contributed by atoms with E-state index < -0.39 is 66.3 Å². The second kappa shape index (κ2) is 23.2. The molecular formula is C44H57N11O7. The smallest absolute Gasteiger partial charge is 0.410 e. The number of amides is 6. The van der Waals surface area contributed by atoms with Crippen LogP contribution in [-0.2, 0) is 35.3 Å². The van der Waals surface area contributed by atoms with E-state index in [-0.39, 0.29) is 44.4 Å². The topological polar surface area (TPSA) is 255 Å². The van der Waals surface area contributed by atoms with Gasteiger partial charge in [0.05, 0.1) is 17.9 Å². The Labute approximate surface area is 361 Å². The Balaban J connectivity index is 1.12. The van der Waals surface area contributed by atoms with E-state index in [1.165, 1.54) is 9.80 Å². The molecule has 0 saturated carbocycles. The fourth-order valence-electron chi connectivity index (χ4n) is 7.24. The number of carbonyl (C=O) groups is 6. The summed E-state index contributed by atoms with van der Waals surface area (Å²) in [6, 6.07) is 21.6. The second-order valence-electron chi connectivity index (χ2n) is 15.6. The molecule has 0 bridgehead atoms. The van der Waals surface area contributed by atoms with Gasteiger partial charge in [-0.15, -0.1) is 0 Å². The van der Waals surface area contributed by atoms with Gasteiger partial charge < -0.3 is 42.4 Å². The quantitative estimate of drug-likeness (QED) is 0.0440. The summed E-state index contributed by atoms with van der Waals surface area (Å²) in [6.45, 7) is 4.22. The standard InChI is InChI=1S/C44H57N11O7/c1-29(2)26-35(51-42(60)37-18-11-25-55(37)44(61)62-28-30-19-21-33(22-20-30)53-52-32-14-7-4-8-15-32)39(57)48-27-38(56)54-24-10-17-36(54)41(59)50-34(16-9-23-47-43(45)46)40(58)49-31-12-5-3-6-13-31/h3-8,12-15,19-22,29,34-37H,9-11,16-18,23-28H2,1-2H3,(H,48,57)(H,49,58)(H,50,59)(H,51,60)(H4,45,46,47)/t34-,35-,36+,37-/m0/s1. The number of likely N-dealkylation sites (tertiary alicyclic amines) is 2. The first-order valence-electron chi connectivity index (χ1n) is 21.0. The molecule has 18 heteroatoms. The van der Waals surface area contributed by atoms with Crippen molar-refractivity contribution >= 4 is 58.7 Å². The van der Waals surface area contributed by atoms with Crippen LogP contribution in [0.3, 0.4) is 0 Å². The van der Waals surface area contributed by atoms with E-state index in [1.54, 1.807) is 48.5 Å². The number of guanidine groups is 1. The maximum Gasteiger partial charge on any atom is 0.410 e.